The maximum atomic E-state index is 11.7. The molecule has 112 valence electrons. The van der Waals surface area contributed by atoms with Crippen molar-refractivity contribution >= 4 is 47.1 Å². The summed E-state index contributed by atoms with van der Waals surface area (Å²) in [6, 6.07) is 1.99. The van der Waals surface area contributed by atoms with E-state index in [2.05, 4.69) is 5.92 Å². The molecule has 0 bridgehead atoms. The third-order valence-corrected chi connectivity index (χ3v) is 3.08. The summed E-state index contributed by atoms with van der Waals surface area (Å²) in [6.07, 6.45) is 6.33. The normalized spacial score (nSPS) is 14.0. The van der Waals surface area contributed by atoms with Gasteiger partial charge < -0.3 is 4.74 Å². The van der Waals surface area contributed by atoms with Crippen LogP contribution in [0.1, 0.15) is 5.56 Å². The molecule has 1 aliphatic rings. The van der Waals surface area contributed by atoms with Crippen LogP contribution in [0.4, 0.5) is 4.79 Å². The van der Waals surface area contributed by atoms with Crippen LogP contribution in [0.15, 0.2) is 17.7 Å². The Morgan fingerprint density at radius 1 is 1.18 bits per heavy atom. The van der Waals surface area contributed by atoms with Gasteiger partial charge in [-0.3, -0.25) is 20.2 Å². The van der Waals surface area contributed by atoms with Crippen molar-refractivity contribution in [3.63, 3.8) is 0 Å². The van der Waals surface area contributed by atoms with E-state index in [4.69, 9.17) is 34.4 Å². The third-order valence-electron chi connectivity index (χ3n) is 2.58. The van der Waals surface area contributed by atoms with Gasteiger partial charge in [-0.1, -0.05) is 29.1 Å². The Labute approximate surface area is 135 Å². The van der Waals surface area contributed by atoms with Gasteiger partial charge in [-0.25, -0.2) is 4.79 Å². The molecule has 1 heterocycles. The van der Waals surface area contributed by atoms with Gasteiger partial charge in [0.25, 0.3) is 11.8 Å². The Balaban J connectivity index is 2.49. The maximum absolute atomic E-state index is 11.7. The van der Waals surface area contributed by atoms with Crippen LogP contribution >= 0.6 is 23.2 Å². The number of urea groups is 1. The fourth-order valence-electron chi connectivity index (χ4n) is 1.72. The summed E-state index contributed by atoms with van der Waals surface area (Å²) in [4.78, 5) is 34.4. The number of carbonyl (C=O) groups excluding carboxylic acids is 3. The highest BCUT2D eigenvalue weighted by molar-refractivity contribution is 6.36. The van der Waals surface area contributed by atoms with Crippen molar-refractivity contribution in [2.75, 3.05) is 6.61 Å². The van der Waals surface area contributed by atoms with Crippen molar-refractivity contribution in [3.05, 3.63) is 33.3 Å². The average Bonchev–Trinajstić information content (AvgIpc) is 2.41. The van der Waals surface area contributed by atoms with Crippen LogP contribution in [-0.2, 0) is 9.59 Å². The number of hydrogen-bond donors (Lipinski definition) is 2. The molecule has 1 fully saturated rings. The van der Waals surface area contributed by atoms with Crippen molar-refractivity contribution in [1.29, 1.82) is 0 Å². The minimum atomic E-state index is -0.889. The van der Waals surface area contributed by atoms with Crippen LogP contribution < -0.4 is 15.4 Å². The lowest BCUT2D eigenvalue weighted by molar-refractivity contribution is -0.123. The zero-order valence-corrected chi connectivity index (χ0v) is 12.4. The molecule has 0 unspecified atom stereocenters. The number of amides is 4. The molecule has 0 saturated carbocycles. The summed E-state index contributed by atoms with van der Waals surface area (Å²) in [5.41, 5.74) is -0.00844. The van der Waals surface area contributed by atoms with E-state index in [9.17, 15) is 14.4 Å². The second-order valence-electron chi connectivity index (χ2n) is 4.09. The predicted octanol–water partition coefficient (Wildman–Crippen LogP) is 1.75. The lowest BCUT2D eigenvalue weighted by Crippen LogP contribution is -2.51. The van der Waals surface area contributed by atoms with E-state index in [0.29, 0.717) is 0 Å². The molecular formula is C14H8Cl2N2O4. The quantitative estimate of drug-likeness (QED) is 0.499. The van der Waals surface area contributed by atoms with E-state index in [1.807, 2.05) is 10.6 Å². The van der Waals surface area contributed by atoms with E-state index in [0.717, 1.165) is 0 Å². The van der Waals surface area contributed by atoms with Crippen LogP contribution in [0, 0.1) is 12.3 Å². The molecular weight excluding hydrogens is 331 g/mol. The molecule has 1 saturated heterocycles. The smallest absolute Gasteiger partial charge is 0.328 e. The Bertz CT molecular complexity index is 728. The first-order valence-corrected chi connectivity index (χ1v) is 6.61. The minimum absolute atomic E-state index is 0.0611. The fourth-order valence-corrected chi connectivity index (χ4v) is 2.28. The Hall–Kier alpha value is -2.49. The van der Waals surface area contributed by atoms with Gasteiger partial charge >= 0.3 is 6.03 Å². The number of nitrogens with one attached hydrogen (secondary N) is 2. The second kappa shape index (κ2) is 6.52. The van der Waals surface area contributed by atoms with E-state index >= 15 is 0 Å². The first-order valence-electron chi connectivity index (χ1n) is 5.86. The summed E-state index contributed by atoms with van der Waals surface area (Å²) in [5.74, 6) is 0.769. The molecule has 1 aromatic carbocycles. The average molecular weight is 339 g/mol. The molecule has 0 radical (unpaired) electrons. The van der Waals surface area contributed by atoms with E-state index in [1.165, 1.54) is 18.2 Å². The molecule has 22 heavy (non-hydrogen) atoms. The van der Waals surface area contributed by atoms with Gasteiger partial charge in [0.05, 0.1) is 5.02 Å². The Kier molecular flexibility index (Phi) is 4.71. The van der Waals surface area contributed by atoms with Gasteiger partial charge in [-0.2, -0.15) is 0 Å². The van der Waals surface area contributed by atoms with Crippen molar-refractivity contribution < 1.29 is 19.1 Å². The molecule has 0 atom stereocenters. The van der Waals surface area contributed by atoms with E-state index in [1.54, 1.807) is 0 Å². The highest BCUT2D eigenvalue weighted by atomic mass is 35.5. The number of ether oxygens (including phenoxy) is 1. The molecule has 2 N–H and O–H groups in total. The van der Waals surface area contributed by atoms with Gasteiger partial charge in [0.2, 0.25) is 0 Å². The zero-order valence-electron chi connectivity index (χ0n) is 10.9. The number of carbonyl (C=O) groups is 3. The number of benzene rings is 1. The predicted molar refractivity (Wildman–Crippen MR) is 80.4 cm³/mol. The van der Waals surface area contributed by atoms with Crippen molar-refractivity contribution in [3.8, 4) is 18.1 Å². The molecule has 0 aromatic heterocycles. The molecule has 8 heteroatoms. The van der Waals surface area contributed by atoms with Crippen LogP contribution in [-0.4, -0.2) is 24.5 Å². The van der Waals surface area contributed by atoms with Crippen molar-refractivity contribution in [2.24, 2.45) is 0 Å². The molecule has 0 aliphatic carbocycles. The van der Waals surface area contributed by atoms with E-state index < -0.39 is 17.8 Å². The topological polar surface area (TPSA) is 84.5 Å². The van der Waals surface area contributed by atoms with Crippen LogP contribution in [0.25, 0.3) is 6.08 Å². The van der Waals surface area contributed by atoms with Crippen LogP contribution in [0.5, 0.6) is 5.75 Å². The van der Waals surface area contributed by atoms with Crippen LogP contribution in [0.3, 0.4) is 0 Å². The molecule has 0 spiro atoms. The number of barbiturate groups is 1. The van der Waals surface area contributed by atoms with Gasteiger partial charge in [0.1, 0.15) is 17.9 Å². The minimum Gasteiger partial charge on any atom is -0.479 e. The molecule has 4 amide bonds. The summed E-state index contributed by atoms with van der Waals surface area (Å²) in [7, 11) is 0. The van der Waals surface area contributed by atoms with Gasteiger partial charge in [-0.15, -0.1) is 6.42 Å². The molecule has 1 aliphatic heterocycles. The van der Waals surface area contributed by atoms with Gasteiger partial charge in [-0.05, 0) is 18.2 Å². The monoisotopic (exact) mass is 338 g/mol. The largest absolute Gasteiger partial charge is 0.479 e. The highest BCUT2D eigenvalue weighted by Gasteiger charge is 2.28. The third kappa shape index (κ3) is 3.39. The number of terminal acetylenes is 1. The number of rotatable bonds is 3. The molecule has 1 aromatic rings. The Morgan fingerprint density at radius 2 is 1.82 bits per heavy atom. The van der Waals surface area contributed by atoms with Crippen molar-refractivity contribution in [1.82, 2.24) is 10.6 Å². The summed E-state index contributed by atoms with van der Waals surface area (Å²) in [5, 5.41) is 4.35. The van der Waals surface area contributed by atoms with Crippen LogP contribution in [0.2, 0.25) is 10.0 Å². The lowest BCUT2D eigenvalue weighted by Gasteiger charge is -2.15. The van der Waals surface area contributed by atoms with Crippen molar-refractivity contribution in [2.45, 2.75) is 0 Å². The second-order valence-corrected chi connectivity index (χ2v) is 4.94. The number of hydrogen-bond acceptors (Lipinski definition) is 4. The fraction of sp³-hybridized carbons (Fsp3) is 0.0714. The summed E-state index contributed by atoms with van der Waals surface area (Å²) in [6.45, 7) is -0.0611. The highest BCUT2D eigenvalue weighted by Crippen LogP contribution is 2.34. The summed E-state index contributed by atoms with van der Waals surface area (Å²) < 4.78 is 5.30. The first-order chi connectivity index (χ1) is 10.4. The molecule has 6 nitrogen and oxygen atoms in total. The first kappa shape index (κ1) is 15.9. The van der Waals surface area contributed by atoms with Gasteiger partial charge in [0, 0.05) is 10.6 Å². The van der Waals surface area contributed by atoms with Gasteiger partial charge in [0.15, 0.2) is 0 Å². The molecule has 2 rings (SSSR count). The summed E-state index contributed by atoms with van der Waals surface area (Å²) >= 11 is 11.9. The Morgan fingerprint density at radius 3 is 2.41 bits per heavy atom. The maximum Gasteiger partial charge on any atom is 0.328 e. The SMILES string of the molecule is C#CCOc1c(Cl)cc(Cl)cc1C=C1C(=O)NC(=O)NC1=O. The van der Waals surface area contributed by atoms with E-state index in [-0.39, 0.29) is 33.5 Å². The lowest BCUT2D eigenvalue weighted by atomic mass is 10.1. The number of imide groups is 2. The number of halogens is 2. The zero-order chi connectivity index (χ0) is 16.3. The standard InChI is InChI=1S/C14H8Cl2N2O4/c1-2-3-22-11-7(4-8(15)6-10(11)16)5-9-12(19)17-14(21)18-13(9)20/h1,4-6H,3H2,(H2,17,18,19,20,21).